The van der Waals surface area contributed by atoms with Crippen molar-refractivity contribution in [3.05, 3.63) is 94.0 Å². The van der Waals surface area contributed by atoms with Crippen LogP contribution in [0.1, 0.15) is 26.5 Å². The van der Waals surface area contributed by atoms with Gasteiger partial charge in [-0.1, -0.05) is 28.1 Å². The summed E-state index contributed by atoms with van der Waals surface area (Å²) in [6.07, 6.45) is 2.88. The molecule has 3 rings (SSSR count). The Hall–Kier alpha value is -3.65. The Bertz CT molecular complexity index is 1070. The van der Waals surface area contributed by atoms with E-state index in [0.29, 0.717) is 11.3 Å². The number of carboxylic acid groups (broad SMARTS) is 1. The van der Waals surface area contributed by atoms with Crippen molar-refractivity contribution < 1.29 is 23.9 Å². The molecule has 2 aromatic carbocycles. The lowest BCUT2D eigenvalue weighted by atomic mass is 10.1. The van der Waals surface area contributed by atoms with Crippen LogP contribution in [0.5, 0.6) is 0 Å². The Morgan fingerprint density at radius 1 is 1.00 bits per heavy atom. The van der Waals surface area contributed by atoms with Crippen LogP contribution in [0.3, 0.4) is 0 Å². The van der Waals surface area contributed by atoms with Crippen molar-refractivity contribution in [1.82, 2.24) is 5.32 Å². The van der Waals surface area contributed by atoms with E-state index in [1.807, 2.05) is 6.07 Å². The average Bonchev–Trinajstić information content (AvgIpc) is 3.23. The van der Waals surface area contributed by atoms with Crippen LogP contribution in [0.15, 0.2) is 81.5 Å². The predicted octanol–water partition coefficient (Wildman–Crippen LogP) is 4.15. The van der Waals surface area contributed by atoms with E-state index in [0.717, 1.165) is 4.47 Å². The first-order valence-electron chi connectivity index (χ1n) is 8.39. The van der Waals surface area contributed by atoms with Gasteiger partial charge in [0, 0.05) is 10.2 Å². The van der Waals surface area contributed by atoms with Gasteiger partial charge in [0.25, 0.3) is 11.8 Å². The first-order valence-corrected chi connectivity index (χ1v) is 9.18. The number of carbonyl (C=O) groups is 3. The molecule has 0 saturated carbocycles. The number of carboxylic acids is 1. The summed E-state index contributed by atoms with van der Waals surface area (Å²) in [5, 5.41) is 14.1. The van der Waals surface area contributed by atoms with E-state index >= 15 is 0 Å². The second-order valence-electron chi connectivity index (χ2n) is 5.88. The minimum Gasteiger partial charge on any atom is -0.478 e. The van der Waals surface area contributed by atoms with Crippen molar-refractivity contribution in [2.75, 3.05) is 5.32 Å². The minimum absolute atomic E-state index is 0.00758. The third kappa shape index (κ3) is 5.43. The first kappa shape index (κ1) is 20.1. The highest BCUT2D eigenvalue weighted by Gasteiger charge is 2.17. The van der Waals surface area contributed by atoms with Gasteiger partial charge in [0.15, 0.2) is 5.76 Å². The van der Waals surface area contributed by atoms with E-state index < -0.39 is 17.8 Å². The Balaban J connectivity index is 1.85. The summed E-state index contributed by atoms with van der Waals surface area (Å²) in [6.45, 7) is 0. The van der Waals surface area contributed by atoms with Crippen molar-refractivity contribution in [1.29, 1.82) is 0 Å². The van der Waals surface area contributed by atoms with Gasteiger partial charge >= 0.3 is 5.97 Å². The maximum Gasteiger partial charge on any atom is 0.335 e. The molecule has 0 radical (unpaired) electrons. The SMILES string of the molecule is O=C(Nc1ccc(C(=O)O)cc1)/C(=C/c1cccc(Br)c1)NC(=O)c1ccco1. The van der Waals surface area contributed by atoms with E-state index in [2.05, 4.69) is 26.6 Å². The van der Waals surface area contributed by atoms with Gasteiger partial charge in [-0.25, -0.2) is 4.79 Å². The largest absolute Gasteiger partial charge is 0.478 e. The molecular weight excluding hydrogens is 440 g/mol. The van der Waals surface area contributed by atoms with Crippen molar-refractivity contribution in [3.63, 3.8) is 0 Å². The number of anilines is 1. The lowest BCUT2D eigenvalue weighted by Crippen LogP contribution is -2.30. The van der Waals surface area contributed by atoms with E-state index in [4.69, 9.17) is 9.52 Å². The van der Waals surface area contributed by atoms with Crippen LogP contribution in [0.4, 0.5) is 5.69 Å². The second-order valence-corrected chi connectivity index (χ2v) is 6.80. The fourth-order valence-corrected chi connectivity index (χ4v) is 2.82. The smallest absolute Gasteiger partial charge is 0.335 e. The Kier molecular flexibility index (Phi) is 6.25. The Labute approximate surface area is 174 Å². The van der Waals surface area contributed by atoms with Crippen molar-refractivity contribution >= 4 is 45.5 Å². The fraction of sp³-hybridized carbons (Fsp3) is 0. The van der Waals surface area contributed by atoms with Crippen molar-refractivity contribution in [2.24, 2.45) is 0 Å². The third-order valence-electron chi connectivity index (χ3n) is 3.79. The number of furan rings is 1. The van der Waals surface area contributed by atoms with Gasteiger partial charge in [0.1, 0.15) is 5.70 Å². The van der Waals surface area contributed by atoms with Gasteiger partial charge < -0.3 is 20.2 Å². The number of nitrogens with one attached hydrogen (secondary N) is 2. The number of rotatable bonds is 6. The fourth-order valence-electron chi connectivity index (χ4n) is 2.41. The van der Waals surface area contributed by atoms with E-state index in [1.165, 1.54) is 42.7 Å². The molecule has 146 valence electrons. The topological polar surface area (TPSA) is 109 Å². The van der Waals surface area contributed by atoms with Crippen LogP contribution >= 0.6 is 15.9 Å². The van der Waals surface area contributed by atoms with E-state index in [-0.39, 0.29) is 17.0 Å². The molecule has 1 aromatic heterocycles. The molecule has 0 bridgehead atoms. The molecule has 0 aliphatic rings. The van der Waals surface area contributed by atoms with Crippen LogP contribution in [-0.4, -0.2) is 22.9 Å². The van der Waals surface area contributed by atoms with Crippen LogP contribution in [0.2, 0.25) is 0 Å². The quantitative estimate of drug-likeness (QED) is 0.484. The molecule has 0 saturated heterocycles. The monoisotopic (exact) mass is 454 g/mol. The number of hydrogen-bond donors (Lipinski definition) is 3. The lowest BCUT2D eigenvalue weighted by molar-refractivity contribution is -0.113. The molecule has 3 N–H and O–H groups in total. The molecule has 0 aliphatic carbocycles. The molecule has 0 aliphatic heterocycles. The number of hydrogen-bond acceptors (Lipinski definition) is 4. The van der Waals surface area contributed by atoms with Crippen LogP contribution in [0, 0.1) is 0 Å². The molecule has 0 atom stereocenters. The Morgan fingerprint density at radius 2 is 1.76 bits per heavy atom. The number of aromatic carboxylic acids is 1. The molecule has 7 nitrogen and oxygen atoms in total. The number of halogens is 1. The van der Waals surface area contributed by atoms with Crippen LogP contribution in [0.25, 0.3) is 6.08 Å². The third-order valence-corrected chi connectivity index (χ3v) is 4.28. The van der Waals surface area contributed by atoms with E-state index in [9.17, 15) is 14.4 Å². The van der Waals surface area contributed by atoms with E-state index in [1.54, 1.807) is 24.3 Å². The molecule has 0 unspecified atom stereocenters. The summed E-state index contributed by atoms with van der Waals surface area (Å²) < 4.78 is 5.88. The maximum absolute atomic E-state index is 12.8. The number of amides is 2. The minimum atomic E-state index is -1.07. The lowest BCUT2D eigenvalue weighted by Gasteiger charge is -2.11. The Morgan fingerprint density at radius 3 is 2.38 bits per heavy atom. The summed E-state index contributed by atoms with van der Waals surface area (Å²) in [5.41, 5.74) is 1.16. The second kappa shape index (κ2) is 9.03. The highest BCUT2D eigenvalue weighted by Crippen LogP contribution is 2.16. The van der Waals surface area contributed by atoms with Gasteiger partial charge in [0.05, 0.1) is 11.8 Å². The van der Waals surface area contributed by atoms with Gasteiger partial charge in [-0.05, 0) is 60.2 Å². The predicted molar refractivity (Wildman–Crippen MR) is 110 cm³/mol. The molecule has 8 heteroatoms. The standard InChI is InChI=1S/C21H15BrN2O5/c22-15-4-1-3-13(11-15)12-17(24-20(26)18-5-2-10-29-18)19(25)23-16-8-6-14(7-9-16)21(27)28/h1-12H,(H,23,25)(H,24,26)(H,27,28)/b17-12-. The van der Waals surface area contributed by atoms with Gasteiger partial charge in [-0.15, -0.1) is 0 Å². The molecule has 0 spiro atoms. The zero-order valence-corrected chi connectivity index (χ0v) is 16.5. The molecule has 1 heterocycles. The summed E-state index contributed by atoms with van der Waals surface area (Å²) >= 11 is 3.36. The maximum atomic E-state index is 12.8. The highest BCUT2D eigenvalue weighted by molar-refractivity contribution is 9.10. The average molecular weight is 455 g/mol. The van der Waals surface area contributed by atoms with Crippen LogP contribution in [-0.2, 0) is 4.79 Å². The normalized spacial score (nSPS) is 11.0. The summed E-state index contributed by atoms with van der Waals surface area (Å²) in [6, 6.07) is 15.9. The summed E-state index contributed by atoms with van der Waals surface area (Å²) in [5.74, 6) is -2.16. The highest BCUT2D eigenvalue weighted by atomic mass is 79.9. The summed E-state index contributed by atoms with van der Waals surface area (Å²) in [7, 11) is 0. The molecule has 3 aromatic rings. The van der Waals surface area contributed by atoms with Gasteiger partial charge in [0.2, 0.25) is 0 Å². The zero-order valence-electron chi connectivity index (χ0n) is 14.9. The van der Waals surface area contributed by atoms with Crippen LogP contribution < -0.4 is 10.6 Å². The molecule has 2 amide bonds. The molecular formula is C21H15BrN2O5. The first-order chi connectivity index (χ1) is 13.9. The van der Waals surface area contributed by atoms with Crippen molar-refractivity contribution in [2.45, 2.75) is 0 Å². The molecule has 0 fully saturated rings. The van der Waals surface area contributed by atoms with Gasteiger partial charge in [-0.2, -0.15) is 0 Å². The number of benzene rings is 2. The summed E-state index contributed by atoms with van der Waals surface area (Å²) in [4.78, 5) is 36.1. The van der Waals surface area contributed by atoms with Crippen molar-refractivity contribution in [3.8, 4) is 0 Å². The molecule has 29 heavy (non-hydrogen) atoms. The van der Waals surface area contributed by atoms with Gasteiger partial charge in [-0.3, -0.25) is 9.59 Å². The zero-order chi connectivity index (χ0) is 20.8. The number of carbonyl (C=O) groups excluding carboxylic acids is 2.